The number of rotatable bonds is 3. The molecule has 2 rings (SSSR count). The first kappa shape index (κ1) is 13.5. The van der Waals surface area contributed by atoms with Gasteiger partial charge in [0.2, 0.25) is 0 Å². The third-order valence-corrected chi connectivity index (χ3v) is 3.75. The smallest absolute Gasteiger partial charge is 0.307 e. The lowest BCUT2D eigenvalue weighted by atomic mass is 10.00. The molecule has 4 nitrogen and oxygen atoms in total. The van der Waals surface area contributed by atoms with Gasteiger partial charge in [-0.05, 0) is 18.1 Å². The lowest BCUT2D eigenvalue weighted by molar-refractivity contribution is -0.141. The molecule has 1 heterocycles. The fourth-order valence-corrected chi connectivity index (χ4v) is 2.66. The Hall–Kier alpha value is -0.970. The average Bonchev–Trinajstić information content (AvgIpc) is 2.81. The van der Waals surface area contributed by atoms with Crippen molar-refractivity contribution in [1.82, 2.24) is 5.32 Å². The Kier molecular flexibility index (Phi) is 4.00. The van der Waals surface area contributed by atoms with E-state index in [1.165, 1.54) is 7.11 Å². The molecule has 0 aromatic heterocycles. The second-order valence-electron chi connectivity index (χ2n) is 4.24. The van der Waals surface area contributed by atoms with Crippen LogP contribution in [-0.2, 0) is 4.79 Å². The molecular weight excluding hydrogens is 277 g/mol. The summed E-state index contributed by atoms with van der Waals surface area (Å²) in [5.41, 5.74) is 0.811. The van der Waals surface area contributed by atoms with Crippen LogP contribution >= 0.6 is 23.2 Å². The highest BCUT2D eigenvalue weighted by molar-refractivity contribution is 6.34. The standard InChI is InChI=1S/C12H13Cl2NO3/c1-18-11-4-8(13)7(3-9(11)14)10-2-6(5-15-10)12(16)17/h3-4,6,10,15H,2,5H2,1H3,(H,16,17). The summed E-state index contributed by atoms with van der Waals surface area (Å²) in [5.74, 6) is -0.661. The molecule has 0 bridgehead atoms. The van der Waals surface area contributed by atoms with Gasteiger partial charge < -0.3 is 15.2 Å². The minimum atomic E-state index is -0.791. The Morgan fingerprint density at radius 1 is 1.44 bits per heavy atom. The van der Waals surface area contributed by atoms with Crippen LogP contribution in [0.1, 0.15) is 18.0 Å². The predicted molar refractivity (Wildman–Crippen MR) is 69.5 cm³/mol. The summed E-state index contributed by atoms with van der Waals surface area (Å²) in [6.07, 6.45) is 0.512. The number of hydrogen-bond acceptors (Lipinski definition) is 3. The summed E-state index contributed by atoms with van der Waals surface area (Å²) >= 11 is 12.2. The molecule has 0 saturated carbocycles. The van der Waals surface area contributed by atoms with Crippen molar-refractivity contribution in [2.45, 2.75) is 12.5 Å². The van der Waals surface area contributed by atoms with Gasteiger partial charge in [0.15, 0.2) is 0 Å². The van der Waals surface area contributed by atoms with E-state index in [-0.39, 0.29) is 12.0 Å². The topological polar surface area (TPSA) is 58.6 Å². The van der Waals surface area contributed by atoms with E-state index in [0.717, 1.165) is 5.56 Å². The molecule has 18 heavy (non-hydrogen) atoms. The van der Waals surface area contributed by atoms with Gasteiger partial charge in [0.1, 0.15) is 5.75 Å². The number of benzene rings is 1. The second-order valence-corrected chi connectivity index (χ2v) is 5.05. The zero-order valence-corrected chi connectivity index (χ0v) is 11.3. The van der Waals surface area contributed by atoms with Crippen molar-refractivity contribution in [2.75, 3.05) is 13.7 Å². The van der Waals surface area contributed by atoms with Crippen LogP contribution in [-0.4, -0.2) is 24.7 Å². The van der Waals surface area contributed by atoms with E-state index in [4.69, 9.17) is 33.0 Å². The SMILES string of the molecule is COc1cc(Cl)c(C2CC(C(=O)O)CN2)cc1Cl. The van der Waals surface area contributed by atoms with Crippen molar-refractivity contribution in [3.63, 3.8) is 0 Å². The monoisotopic (exact) mass is 289 g/mol. The maximum atomic E-state index is 10.9. The molecule has 1 aliphatic rings. The lowest BCUT2D eigenvalue weighted by Gasteiger charge is -2.14. The maximum Gasteiger partial charge on any atom is 0.307 e. The van der Waals surface area contributed by atoms with Crippen LogP contribution in [0.4, 0.5) is 0 Å². The number of carbonyl (C=O) groups is 1. The van der Waals surface area contributed by atoms with Crippen LogP contribution in [0, 0.1) is 5.92 Å². The highest BCUT2D eigenvalue weighted by Gasteiger charge is 2.31. The number of hydrogen-bond donors (Lipinski definition) is 2. The number of methoxy groups -OCH3 is 1. The van der Waals surface area contributed by atoms with E-state index in [1.807, 2.05) is 0 Å². The van der Waals surface area contributed by atoms with Crippen molar-refractivity contribution in [1.29, 1.82) is 0 Å². The van der Waals surface area contributed by atoms with Crippen molar-refractivity contribution >= 4 is 29.2 Å². The van der Waals surface area contributed by atoms with E-state index in [0.29, 0.717) is 28.8 Å². The summed E-state index contributed by atoms with van der Waals surface area (Å²) in [4.78, 5) is 10.9. The Balaban J connectivity index is 2.25. The molecule has 1 fully saturated rings. The molecule has 0 aliphatic carbocycles. The second kappa shape index (κ2) is 5.34. The van der Waals surface area contributed by atoms with Crippen molar-refractivity contribution in [3.05, 3.63) is 27.7 Å². The molecule has 2 atom stereocenters. The predicted octanol–water partition coefficient (Wildman–Crippen LogP) is 2.74. The van der Waals surface area contributed by atoms with Gasteiger partial charge in [-0.1, -0.05) is 23.2 Å². The van der Waals surface area contributed by atoms with Crippen molar-refractivity contribution < 1.29 is 14.6 Å². The first-order chi connectivity index (χ1) is 8.52. The minimum Gasteiger partial charge on any atom is -0.495 e. The minimum absolute atomic E-state index is 0.0815. The first-order valence-corrected chi connectivity index (χ1v) is 6.27. The number of nitrogens with one attached hydrogen (secondary N) is 1. The number of ether oxygens (including phenoxy) is 1. The van der Waals surface area contributed by atoms with E-state index < -0.39 is 5.97 Å². The third-order valence-electron chi connectivity index (χ3n) is 3.13. The van der Waals surface area contributed by atoms with Gasteiger partial charge in [-0.25, -0.2) is 0 Å². The maximum absolute atomic E-state index is 10.9. The molecule has 1 aliphatic heterocycles. The zero-order valence-electron chi connectivity index (χ0n) is 9.74. The van der Waals surface area contributed by atoms with Crippen LogP contribution in [0.5, 0.6) is 5.75 Å². The molecule has 1 aromatic rings. The number of carboxylic acids is 1. The molecule has 1 aromatic carbocycles. The van der Waals surface area contributed by atoms with E-state index in [9.17, 15) is 4.79 Å². The van der Waals surface area contributed by atoms with Crippen LogP contribution in [0.3, 0.4) is 0 Å². The molecular formula is C12H13Cl2NO3. The highest BCUT2D eigenvalue weighted by Crippen LogP contribution is 2.37. The molecule has 0 amide bonds. The van der Waals surface area contributed by atoms with Gasteiger partial charge in [-0.2, -0.15) is 0 Å². The van der Waals surface area contributed by atoms with Gasteiger partial charge in [0.25, 0.3) is 0 Å². The quantitative estimate of drug-likeness (QED) is 0.898. The summed E-state index contributed by atoms with van der Waals surface area (Å²) in [5, 5.41) is 13.1. The molecule has 2 N–H and O–H groups in total. The van der Waals surface area contributed by atoms with Crippen LogP contribution in [0.2, 0.25) is 10.0 Å². The number of carboxylic acid groups (broad SMARTS) is 1. The number of aliphatic carboxylic acids is 1. The highest BCUT2D eigenvalue weighted by atomic mass is 35.5. The molecule has 0 radical (unpaired) electrons. The Bertz CT molecular complexity index is 479. The Morgan fingerprint density at radius 2 is 2.17 bits per heavy atom. The molecule has 6 heteroatoms. The fourth-order valence-electron chi connectivity index (χ4n) is 2.13. The largest absolute Gasteiger partial charge is 0.495 e. The lowest BCUT2D eigenvalue weighted by Crippen LogP contribution is -2.17. The van der Waals surface area contributed by atoms with E-state index in [1.54, 1.807) is 12.1 Å². The van der Waals surface area contributed by atoms with Crippen LogP contribution in [0.25, 0.3) is 0 Å². The van der Waals surface area contributed by atoms with Crippen molar-refractivity contribution in [2.24, 2.45) is 5.92 Å². The van der Waals surface area contributed by atoms with Gasteiger partial charge in [0, 0.05) is 23.7 Å². The number of halogens is 2. The van der Waals surface area contributed by atoms with Crippen LogP contribution < -0.4 is 10.1 Å². The van der Waals surface area contributed by atoms with Gasteiger partial charge in [0.05, 0.1) is 18.1 Å². The average molecular weight is 290 g/mol. The Morgan fingerprint density at radius 3 is 2.72 bits per heavy atom. The van der Waals surface area contributed by atoms with E-state index in [2.05, 4.69) is 5.32 Å². The zero-order chi connectivity index (χ0) is 13.3. The summed E-state index contributed by atoms with van der Waals surface area (Å²) in [6, 6.07) is 3.29. The molecule has 1 saturated heterocycles. The normalized spacial score (nSPS) is 23.1. The molecule has 2 unspecified atom stereocenters. The van der Waals surface area contributed by atoms with E-state index >= 15 is 0 Å². The molecule has 98 valence electrons. The molecule has 0 spiro atoms. The first-order valence-electron chi connectivity index (χ1n) is 5.52. The third kappa shape index (κ3) is 2.55. The van der Waals surface area contributed by atoms with Gasteiger partial charge in [-0.15, -0.1) is 0 Å². The fraction of sp³-hybridized carbons (Fsp3) is 0.417. The summed E-state index contributed by atoms with van der Waals surface area (Å²) in [7, 11) is 1.52. The van der Waals surface area contributed by atoms with Gasteiger partial charge >= 0.3 is 5.97 Å². The van der Waals surface area contributed by atoms with Crippen molar-refractivity contribution in [3.8, 4) is 5.75 Å². The summed E-state index contributed by atoms with van der Waals surface area (Å²) in [6.45, 7) is 0.444. The summed E-state index contributed by atoms with van der Waals surface area (Å²) < 4.78 is 5.07. The Labute approximate surface area is 115 Å². The van der Waals surface area contributed by atoms with Crippen LogP contribution in [0.15, 0.2) is 12.1 Å². The van der Waals surface area contributed by atoms with Gasteiger partial charge in [-0.3, -0.25) is 4.79 Å².